The van der Waals surface area contributed by atoms with Crippen molar-refractivity contribution in [3.05, 3.63) is 164 Å². The second-order valence-electron chi connectivity index (χ2n) is 13.7. The van der Waals surface area contributed by atoms with Crippen molar-refractivity contribution in [3.63, 3.8) is 0 Å². The fourth-order valence-corrected chi connectivity index (χ4v) is 9.56. The molecule has 0 fully saturated rings. The van der Waals surface area contributed by atoms with E-state index in [9.17, 15) is 0 Å². The van der Waals surface area contributed by atoms with Gasteiger partial charge in [0.1, 0.15) is 11.1 Å². The van der Waals surface area contributed by atoms with Crippen LogP contribution < -0.4 is 0 Å². The highest BCUT2D eigenvalue weighted by Crippen LogP contribution is 2.47. The van der Waals surface area contributed by atoms with Crippen molar-refractivity contribution in [2.75, 3.05) is 0 Å². The van der Waals surface area contributed by atoms with Crippen LogP contribution in [0, 0.1) is 0 Å². The van der Waals surface area contributed by atoms with Gasteiger partial charge in [-0.05, 0) is 63.0 Å². The summed E-state index contributed by atoms with van der Waals surface area (Å²) in [6, 6.07) is 58.1. The summed E-state index contributed by atoms with van der Waals surface area (Å²) in [6.45, 7) is 0. The Morgan fingerprint density at radius 3 is 2.06 bits per heavy atom. The molecule has 0 saturated heterocycles. The highest BCUT2D eigenvalue weighted by atomic mass is 32.1. The molecule has 53 heavy (non-hydrogen) atoms. The van der Waals surface area contributed by atoms with E-state index >= 15 is 0 Å². The summed E-state index contributed by atoms with van der Waals surface area (Å²) in [4.78, 5) is 11.0. The van der Waals surface area contributed by atoms with Crippen LogP contribution in [0.2, 0.25) is 0 Å². The van der Waals surface area contributed by atoms with Crippen LogP contribution in [0.4, 0.5) is 0 Å². The number of hydrogen-bond acceptors (Lipinski definition) is 4. The first-order valence-electron chi connectivity index (χ1n) is 17.8. The molecule has 0 spiro atoms. The molecule has 5 heteroatoms. The number of rotatable bonds is 3. The summed E-state index contributed by atoms with van der Waals surface area (Å²) in [5.41, 5.74) is 8.98. The zero-order valence-electron chi connectivity index (χ0n) is 28.2. The van der Waals surface area contributed by atoms with Crippen LogP contribution in [-0.2, 0) is 0 Å². The molecule has 0 saturated carbocycles. The van der Waals surface area contributed by atoms with Gasteiger partial charge in [-0.1, -0.05) is 133 Å². The normalized spacial score (nSPS) is 12.2. The van der Waals surface area contributed by atoms with Crippen molar-refractivity contribution in [1.29, 1.82) is 0 Å². The minimum absolute atomic E-state index is 0.623. The summed E-state index contributed by atoms with van der Waals surface area (Å²) in [5, 5.41) is 10.3. The highest BCUT2D eigenvalue weighted by Gasteiger charge is 2.25. The van der Waals surface area contributed by atoms with Crippen molar-refractivity contribution in [2.45, 2.75) is 0 Å². The van der Waals surface area contributed by atoms with Gasteiger partial charge in [-0.25, -0.2) is 9.97 Å². The Balaban J connectivity index is 1.25. The van der Waals surface area contributed by atoms with E-state index in [1.165, 1.54) is 31.8 Å². The molecule has 4 nitrogen and oxygen atoms in total. The molecule has 4 heterocycles. The van der Waals surface area contributed by atoms with Crippen LogP contribution in [0.5, 0.6) is 0 Å². The smallest absolute Gasteiger partial charge is 0.236 e. The van der Waals surface area contributed by atoms with E-state index in [4.69, 9.17) is 14.4 Å². The summed E-state index contributed by atoms with van der Waals surface area (Å²) in [7, 11) is 0. The SMILES string of the molecule is c1ccc(-c2ccc3oc4c(c3c2)c2ccccc2c2c3ccccc3n(-c3nc(-c5ccc6ccccc6c5)c5sc6ccccc6c5n3)c42)cc1. The van der Waals surface area contributed by atoms with Gasteiger partial charge in [0.15, 0.2) is 5.58 Å². The average Bonchev–Trinajstić information content (AvgIpc) is 3.90. The molecular weight excluding hydrogens is 667 g/mol. The number of hydrogen-bond donors (Lipinski definition) is 0. The largest absolute Gasteiger partial charge is 0.454 e. The number of furan rings is 1. The maximum Gasteiger partial charge on any atom is 0.236 e. The predicted molar refractivity (Wildman–Crippen MR) is 222 cm³/mol. The van der Waals surface area contributed by atoms with E-state index in [0.29, 0.717) is 5.95 Å². The lowest BCUT2D eigenvalue weighted by Gasteiger charge is -2.11. The average molecular weight is 694 g/mol. The van der Waals surface area contributed by atoms with Crippen LogP contribution in [0.15, 0.2) is 168 Å². The Bertz CT molecular complexity index is 3460. The third-order valence-electron chi connectivity index (χ3n) is 10.8. The minimum atomic E-state index is 0.623. The van der Waals surface area contributed by atoms with Crippen molar-refractivity contribution in [1.82, 2.24) is 14.5 Å². The molecule has 0 atom stereocenters. The number of benzene rings is 8. The third-order valence-corrected chi connectivity index (χ3v) is 11.9. The molecule has 0 amide bonds. The lowest BCUT2D eigenvalue weighted by atomic mass is 9.97. The topological polar surface area (TPSA) is 43.9 Å². The molecule has 0 aliphatic rings. The fraction of sp³-hybridized carbons (Fsp3) is 0. The molecule has 0 aliphatic heterocycles. The predicted octanol–water partition coefficient (Wildman–Crippen LogP) is 13.5. The van der Waals surface area contributed by atoms with Crippen LogP contribution in [-0.4, -0.2) is 14.5 Å². The maximum atomic E-state index is 6.99. The zero-order chi connectivity index (χ0) is 34.6. The maximum absolute atomic E-state index is 6.99. The Morgan fingerprint density at radius 2 is 1.19 bits per heavy atom. The molecule has 4 aromatic heterocycles. The number of aromatic nitrogens is 3. The van der Waals surface area contributed by atoms with E-state index in [0.717, 1.165) is 76.2 Å². The second-order valence-corrected chi connectivity index (χ2v) is 14.8. The van der Waals surface area contributed by atoms with Gasteiger partial charge >= 0.3 is 0 Å². The van der Waals surface area contributed by atoms with Gasteiger partial charge in [0.25, 0.3) is 0 Å². The minimum Gasteiger partial charge on any atom is -0.454 e. The van der Waals surface area contributed by atoms with Gasteiger partial charge in [-0.15, -0.1) is 11.3 Å². The number of fused-ring (bicyclic) bond motifs is 14. The van der Waals surface area contributed by atoms with Gasteiger partial charge in [0, 0.05) is 37.2 Å². The van der Waals surface area contributed by atoms with Gasteiger partial charge in [0.05, 0.1) is 21.4 Å². The molecule has 0 bridgehead atoms. The molecule has 12 rings (SSSR count). The van der Waals surface area contributed by atoms with Crippen LogP contribution in [0.25, 0.3) is 114 Å². The molecule has 0 aliphatic carbocycles. The quantitative estimate of drug-likeness (QED) is 0.185. The first-order valence-corrected chi connectivity index (χ1v) is 18.6. The lowest BCUT2D eigenvalue weighted by molar-refractivity contribution is 0.671. The standard InChI is InChI=1S/C48H27N3OS/c1-2-12-28(13-3-1)31-24-25-39-37(27-31)42-34-17-7-6-16-33(34)41-35-18-8-10-20-38(35)51(45(41)46(42)52-39)48-49-43(32-23-22-29-14-4-5-15-30(29)26-32)47-44(50-48)36-19-9-11-21-40(36)53-47/h1-27H. The van der Waals surface area contributed by atoms with Gasteiger partial charge in [0.2, 0.25) is 5.95 Å². The van der Waals surface area contributed by atoms with Crippen molar-refractivity contribution in [3.8, 4) is 28.3 Å². The molecule has 8 aromatic carbocycles. The van der Waals surface area contributed by atoms with E-state index in [-0.39, 0.29) is 0 Å². The van der Waals surface area contributed by atoms with Crippen LogP contribution >= 0.6 is 11.3 Å². The van der Waals surface area contributed by atoms with Gasteiger partial charge in [-0.3, -0.25) is 4.57 Å². The van der Waals surface area contributed by atoms with Crippen LogP contribution in [0.3, 0.4) is 0 Å². The van der Waals surface area contributed by atoms with E-state index in [1.807, 2.05) is 0 Å². The Labute approximate surface area is 306 Å². The van der Waals surface area contributed by atoms with Crippen molar-refractivity contribution in [2.24, 2.45) is 0 Å². The van der Waals surface area contributed by atoms with Crippen molar-refractivity contribution < 1.29 is 4.42 Å². The third kappa shape index (κ3) is 4.11. The molecular formula is C48H27N3OS. The van der Waals surface area contributed by atoms with E-state index in [2.05, 4.69) is 168 Å². The molecule has 246 valence electrons. The molecule has 0 radical (unpaired) electrons. The van der Waals surface area contributed by atoms with Crippen LogP contribution in [0.1, 0.15) is 0 Å². The van der Waals surface area contributed by atoms with Gasteiger partial charge < -0.3 is 4.42 Å². The first-order chi connectivity index (χ1) is 26.3. The highest BCUT2D eigenvalue weighted by molar-refractivity contribution is 7.26. The van der Waals surface area contributed by atoms with Gasteiger partial charge in [-0.2, -0.15) is 0 Å². The molecule has 0 N–H and O–H groups in total. The monoisotopic (exact) mass is 693 g/mol. The van der Waals surface area contributed by atoms with E-state index in [1.54, 1.807) is 11.3 Å². The van der Waals surface area contributed by atoms with Crippen molar-refractivity contribution >= 4 is 96.9 Å². The number of thiophene rings is 1. The molecule has 0 unspecified atom stereocenters. The summed E-state index contributed by atoms with van der Waals surface area (Å²) >= 11 is 1.76. The summed E-state index contributed by atoms with van der Waals surface area (Å²) in [6.07, 6.45) is 0. The first kappa shape index (κ1) is 28.8. The Kier molecular flexibility index (Phi) is 5.90. The Morgan fingerprint density at radius 1 is 0.491 bits per heavy atom. The summed E-state index contributed by atoms with van der Waals surface area (Å²) < 4.78 is 11.5. The van der Waals surface area contributed by atoms with E-state index < -0.39 is 0 Å². The zero-order valence-corrected chi connectivity index (χ0v) is 29.1. The number of nitrogens with zero attached hydrogens (tertiary/aromatic N) is 3. The number of para-hydroxylation sites is 1. The summed E-state index contributed by atoms with van der Waals surface area (Å²) in [5.74, 6) is 0.623. The fourth-order valence-electron chi connectivity index (χ4n) is 8.41. The Hall–Kier alpha value is -6.82. The second kappa shape index (κ2) is 10.8. The molecule has 12 aromatic rings. The lowest BCUT2D eigenvalue weighted by Crippen LogP contribution is -2.03.